The smallest absolute Gasteiger partial charge is 0.275 e. The molecule has 1 aromatic carbocycles. The van der Waals surface area contributed by atoms with Crippen molar-refractivity contribution in [3.63, 3.8) is 0 Å². The topological polar surface area (TPSA) is 50.7 Å². The number of methoxy groups -OCH3 is 1. The molecule has 20 heavy (non-hydrogen) atoms. The summed E-state index contributed by atoms with van der Waals surface area (Å²) in [7, 11) is 1.52. The molecule has 5 heteroatoms. The predicted octanol–water partition coefficient (Wildman–Crippen LogP) is 3.64. The third-order valence-corrected chi connectivity index (χ3v) is 3.70. The molecule has 1 saturated carbocycles. The molecule has 108 valence electrons. The summed E-state index contributed by atoms with van der Waals surface area (Å²) in [5.74, 6) is 0.833. The second-order valence-corrected chi connectivity index (χ2v) is 5.60. The van der Waals surface area contributed by atoms with Crippen molar-refractivity contribution in [2.75, 3.05) is 7.11 Å². The summed E-state index contributed by atoms with van der Waals surface area (Å²) in [5.41, 5.74) is 4.05. The number of nitrogens with one attached hydrogen (secondary N) is 1. The maximum atomic E-state index is 12.1. The highest BCUT2D eigenvalue weighted by Crippen LogP contribution is 2.23. The van der Waals surface area contributed by atoms with E-state index in [-0.39, 0.29) is 5.91 Å². The Balaban J connectivity index is 2.08. The number of hydrogen-bond acceptors (Lipinski definition) is 3. The van der Waals surface area contributed by atoms with Gasteiger partial charge >= 0.3 is 0 Å². The van der Waals surface area contributed by atoms with E-state index in [4.69, 9.17) is 16.3 Å². The molecule has 1 aromatic rings. The van der Waals surface area contributed by atoms with Gasteiger partial charge < -0.3 is 4.74 Å². The lowest BCUT2D eigenvalue weighted by Gasteiger charge is -2.19. The van der Waals surface area contributed by atoms with Crippen LogP contribution in [0.1, 0.15) is 43.0 Å². The summed E-state index contributed by atoms with van der Waals surface area (Å²) in [4.78, 5) is 12.1. The van der Waals surface area contributed by atoms with Gasteiger partial charge in [0.05, 0.1) is 12.7 Å². The molecule has 0 heterocycles. The minimum atomic E-state index is -0.296. The second-order valence-electron chi connectivity index (χ2n) is 5.17. The van der Waals surface area contributed by atoms with Crippen molar-refractivity contribution < 1.29 is 9.53 Å². The van der Waals surface area contributed by atoms with Crippen LogP contribution in [0.5, 0.6) is 5.75 Å². The number of amides is 1. The third kappa shape index (κ3) is 3.73. The third-order valence-electron chi connectivity index (χ3n) is 3.47. The zero-order valence-electron chi connectivity index (χ0n) is 11.8. The van der Waals surface area contributed by atoms with E-state index in [2.05, 4.69) is 17.5 Å². The standard InChI is InChI=1S/C15H19ClN2O2/c1-10-4-3-5-12(8-10)17-18-15(19)13-9-11(16)6-7-14(13)20-2/h6-7,9-10H,3-5,8H2,1-2H3,(H,18,19)/b17-12-/t10-/m1/s1. The normalized spacial score (nSPS) is 20.8. The maximum absolute atomic E-state index is 12.1. The molecule has 1 aliphatic rings. The quantitative estimate of drug-likeness (QED) is 0.865. The largest absolute Gasteiger partial charge is 0.496 e. The van der Waals surface area contributed by atoms with E-state index in [0.717, 1.165) is 25.0 Å². The predicted molar refractivity (Wildman–Crippen MR) is 80.5 cm³/mol. The first kappa shape index (κ1) is 14.9. The summed E-state index contributed by atoms with van der Waals surface area (Å²) in [6.45, 7) is 2.20. The zero-order valence-corrected chi connectivity index (χ0v) is 12.5. The lowest BCUT2D eigenvalue weighted by atomic mass is 9.89. The Morgan fingerprint density at radius 1 is 1.50 bits per heavy atom. The molecule has 0 aromatic heterocycles. The Bertz CT molecular complexity index is 529. The van der Waals surface area contributed by atoms with E-state index < -0.39 is 0 Å². The first-order chi connectivity index (χ1) is 9.60. The van der Waals surface area contributed by atoms with Crippen LogP contribution in [0.4, 0.5) is 0 Å². The van der Waals surface area contributed by atoms with Crippen LogP contribution in [0.3, 0.4) is 0 Å². The van der Waals surface area contributed by atoms with Gasteiger partial charge in [0.1, 0.15) is 5.75 Å². The van der Waals surface area contributed by atoms with Crippen molar-refractivity contribution in [3.8, 4) is 5.75 Å². The summed E-state index contributed by atoms with van der Waals surface area (Å²) in [6, 6.07) is 4.94. The molecule has 0 saturated heterocycles. The fraction of sp³-hybridized carbons (Fsp3) is 0.467. The van der Waals surface area contributed by atoms with Crippen LogP contribution in [-0.4, -0.2) is 18.7 Å². The van der Waals surface area contributed by atoms with Gasteiger partial charge in [-0.3, -0.25) is 4.79 Å². The average Bonchev–Trinajstić information content (AvgIpc) is 2.45. The fourth-order valence-electron chi connectivity index (χ4n) is 2.41. The summed E-state index contributed by atoms with van der Waals surface area (Å²) in [6.07, 6.45) is 4.27. The Morgan fingerprint density at radius 2 is 2.30 bits per heavy atom. The molecule has 0 unspecified atom stereocenters. The average molecular weight is 295 g/mol. The molecule has 0 aliphatic heterocycles. The molecule has 1 atom stereocenters. The van der Waals surface area contributed by atoms with Gasteiger partial charge in [0.2, 0.25) is 0 Å². The van der Waals surface area contributed by atoms with Crippen LogP contribution in [-0.2, 0) is 0 Å². The highest BCUT2D eigenvalue weighted by Gasteiger charge is 2.16. The van der Waals surface area contributed by atoms with E-state index >= 15 is 0 Å². The lowest BCUT2D eigenvalue weighted by Crippen LogP contribution is -2.22. The number of nitrogens with zero attached hydrogens (tertiary/aromatic N) is 1. The minimum absolute atomic E-state index is 0.296. The highest BCUT2D eigenvalue weighted by molar-refractivity contribution is 6.31. The molecule has 1 amide bonds. The number of ether oxygens (including phenoxy) is 1. The van der Waals surface area contributed by atoms with E-state index in [0.29, 0.717) is 22.3 Å². The molecular weight excluding hydrogens is 276 g/mol. The highest BCUT2D eigenvalue weighted by atomic mass is 35.5. The van der Waals surface area contributed by atoms with Crippen molar-refractivity contribution >= 4 is 23.2 Å². The number of hydrazone groups is 1. The van der Waals surface area contributed by atoms with Crippen molar-refractivity contribution in [1.82, 2.24) is 5.43 Å². The van der Waals surface area contributed by atoms with Crippen LogP contribution < -0.4 is 10.2 Å². The lowest BCUT2D eigenvalue weighted by molar-refractivity contribution is 0.0951. The van der Waals surface area contributed by atoms with Crippen LogP contribution >= 0.6 is 11.6 Å². The van der Waals surface area contributed by atoms with E-state index in [1.807, 2.05) is 0 Å². The summed E-state index contributed by atoms with van der Waals surface area (Å²) < 4.78 is 5.16. The van der Waals surface area contributed by atoms with Crippen molar-refractivity contribution in [1.29, 1.82) is 0 Å². The molecule has 0 spiro atoms. The van der Waals surface area contributed by atoms with E-state index in [9.17, 15) is 4.79 Å². The monoisotopic (exact) mass is 294 g/mol. The Hall–Kier alpha value is -1.55. The minimum Gasteiger partial charge on any atom is -0.496 e. The SMILES string of the molecule is COc1ccc(Cl)cc1C(=O)N/N=C1/CCC[C@@H](C)C1. The second kappa shape index (κ2) is 6.75. The molecule has 4 nitrogen and oxygen atoms in total. The molecule has 1 N–H and O–H groups in total. The van der Waals surface area contributed by atoms with E-state index in [1.165, 1.54) is 13.5 Å². The Morgan fingerprint density at radius 3 is 3.00 bits per heavy atom. The number of carbonyl (C=O) groups excluding carboxylic acids is 1. The number of rotatable bonds is 3. The Kier molecular flexibility index (Phi) is 5.01. The summed E-state index contributed by atoms with van der Waals surface area (Å²) >= 11 is 5.91. The summed E-state index contributed by atoms with van der Waals surface area (Å²) in [5, 5.41) is 4.73. The van der Waals surface area contributed by atoms with Gasteiger partial charge in [0, 0.05) is 10.7 Å². The number of halogens is 1. The van der Waals surface area contributed by atoms with Gasteiger partial charge in [-0.2, -0.15) is 5.10 Å². The number of carbonyl (C=O) groups is 1. The molecule has 0 bridgehead atoms. The van der Waals surface area contributed by atoms with Crippen molar-refractivity contribution in [3.05, 3.63) is 28.8 Å². The molecule has 2 rings (SSSR count). The van der Waals surface area contributed by atoms with Crippen LogP contribution in [0.15, 0.2) is 23.3 Å². The molecule has 0 radical (unpaired) electrons. The number of hydrogen-bond donors (Lipinski definition) is 1. The van der Waals surface area contributed by atoms with Crippen molar-refractivity contribution in [2.24, 2.45) is 11.0 Å². The first-order valence-electron chi connectivity index (χ1n) is 6.79. The number of benzene rings is 1. The molecule has 1 fully saturated rings. The van der Waals surface area contributed by atoms with Gasteiger partial charge in [-0.05, 0) is 49.8 Å². The molecular formula is C15H19ClN2O2. The molecule has 1 aliphatic carbocycles. The van der Waals surface area contributed by atoms with Crippen molar-refractivity contribution in [2.45, 2.75) is 32.6 Å². The fourth-order valence-corrected chi connectivity index (χ4v) is 2.58. The van der Waals surface area contributed by atoms with Gasteiger partial charge in [0.25, 0.3) is 5.91 Å². The van der Waals surface area contributed by atoms with Gasteiger partial charge in [-0.25, -0.2) is 5.43 Å². The van der Waals surface area contributed by atoms with Crippen LogP contribution in [0, 0.1) is 5.92 Å². The van der Waals surface area contributed by atoms with Gasteiger partial charge in [-0.1, -0.05) is 18.5 Å². The van der Waals surface area contributed by atoms with Crippen LogP contribution in [0.25, 0.3) is 0 Å². The van der Waals surface area contributed by atoms with Gasteiger partial charge in [-0.15, -0.1) is 0 Å². The van der Waals surface area contributed by atoms with Crippen LogP contribution in [0.2, 0.25) is 5.02 Å². The van der Waals surface area contributed by atoms with Gasteiger partial charge in [0.15, 0.2) is 0 Å². The van der Waals surface area contributed by atoms with E-state index in [1.54, 1.807) is 18.2 Å². The maximum Gasteiger partial charge on any atom is 0.275 e. The Labute approximate surface area is 124 Å². The first-order valence-corrected chi connectivity index (χ1v) is 7.17. The zero-order chi connectivity index (χ0) is 14.5.